The average Bonchev–Trinajstić information content (AvgIpc) is 2.36. The van der Waals surface area contributed by atoms with Gasteiger partial charge in [0.05, 0.1) is 5.52 Å². The van der Waals surface area contributed by atoms with E-state index in [-0.39, 0.29) is 12.4 Å². The minimum absolute atomic E-state index is 0.189. The van der Waals surface area contributed by atoms with Gasteiger partial charge < -0.3 is 5.73 Å². The third-order valence-corrected chi connectivity index (χ3v) is 3.36. The monoisotopic (exact) mass is 248 g/mol. The number of benzene rings is 1. The molecule has 0 spiro atoms. The summed E-state index contributed by atoms with van der Waals surface area (Å²) >= 11 is 1.44. The Bertz CT molecular complexity index is 534. The largest absolute Gasteiger partial charge is 0.327 e. The van der Waals surface area contributed by atoms with E-state index in [1.54, 1.807) is 6.20 Å². The standard InChI is InChI=1S/C13H13FN2S/c14-11(6-7-15)9-17-12-5-1-3-10-4-2-8-16-13(10)12/h1-6,8H,7,9,15H2/b11-6-. The molecule has 0 aliphatic carbocycles. The normalized spacial score (nSPS) is 12.0. The number of halogens is 1. The summed E-state index contributed by atoms with van der Waals surface area (Å²) in [7, 11) is 0. The number of nitrogens with two attached hydrogens (primary N) is 1. The van der Waals surface area contributed by atoms with Crippen molar-refractivity contribution in [3.8, 4) is 0 Å². The van der Waals surface area contributed by atoms with Crippen LogP contribution < -0.4 is 5.73 Å². The van der Waals surface area contributed by atoms with Crippen LogP contribution in [0.1, 0.15) is 0 Å². The predicted molar refractivity (Wildman–Crippen MR) is 70.7 cm³/mol. The number of hydrogen-bond donors (Lipinski definition) is 1. The van der Waals surface area contributed by atoms with E-state index in [0.29, 0.717) is 5.75 Å². The topological polar surface area (TPSA) is 38.9 Å². The summed E-state index contributed by atoms with van der Waals surface area (Å²) in [5.74, 6) is 0.109. The van der Waals surface area contributed by atoms with Gasteiger partial charge in [-0.2, -0.15) is 0 Å². The van der Waals surface area contributed by atoms with E-state index >= 15 is 0 Å². The van der Waals surface area contributed by atoms with Crippen molar-refractivity contribution in [3.05, 3.63) is 48.4 Å². The number of para-hydroxylation sites is 1. The summed E-state index contributed by atoms with van der Waals surface area (Å²) in [4.78, 5) is 5.31. The number of rotatable bonds is 4. The van der Waals surface area contributed by atoms with Crippen molar-refractivity contribution in [1.82, 2.24) is 4.98 Å². The predicted octanol–water partition coefficient (Wildman–Crippen LogP) is 3.14. The van der Waals surface area contributed by atoms with E-state index in [0.717, 1.165) is 15.8 Å². The molecule has 0 radical (unpaired) electrons. The Morgan fingerprint density at radius 2 is 2.18 bits per heavy atom. The minimum atomic E-state index is -0.189. The fourth-order valence-electron chi connectivity index (χ4n) is 1.53. The molecule has 2 N–H and O–H groups in total. The Hall–Kier alpha value is -1.39. The summed E-state index contributed by atoms with van der Waals surface area (Å²) in [5.41, 5.74) is 6.17. The van der Waals surface area contributed by atoms with Crippen molar-refractivity contribution < 1.29 is 4.39 Å². The first-order valence-corrected chi connectivity index (χ1v) is 6.31. The molecule has 1 aromatic carbocycles. The van der Waals surface area contributed by atoms with E-state index < -0.39 is 0 Å². The Morgan fingerprint density at radius 1 is 1.35 bits per heavy atom. The third-order valence-electron chi connectivity index (χ3n) is 2.30. The van der Waals surface area contributed by atoms with Gasteiger partial charge in [-0.1, -0.05) is 18.2 Å². The van der Waals surface area contributed by atoms with Gasteiger partial charge in [0.15, 0.2) is 0 Å². The van der Waals surface area contributed by atoms with Gasteiger partial charge >= 0.3 is 0 Å². The van der Waals surface area contributed by atoms with Gasteiger partial charge in [0.25, 0.3) is 0 Å². The second-order valence-electron chi connectivity index (χ2n) is 3.51. The number of hydrogen-bond acceptors (Lipinski definition) is 3. The number of fused-ring (bicyclic) bond motifs is 1. The lowest BCUT2D eigenvalue weighted by atomic mass is 10.2. The molecule has 0 unspecified atom stereocenters. The zero-order valence-corrected chi connectivity index (χ0v) is 10.1. The average molecular weight is 248 g/mol. The molecule has 0 saturated carbocycles. The zero-order valence-electron chi connectivity index (χ0n) is 9.27. The van der Waals surface area contributed by atoms with Crippen LogP contribution in [0.4, 0.5) is 4.39 Å². The molecule has 1 aromatic heterocycles. The van der Waals surface area contributed by atoms with E-state index in [2.05, 4.69) is 4.98 Å². The molecular weight excluding hydrogens is 235 g/mol. The minimum Gasteiger partial charge on any atom is -0.327 e. The molecule has 0 aliphatic heterocycles. The smallest absolute Gasteiger partial charge is 0.107 e. The lowest BCUT2D eigenvalue weighted by Crippen LogP contribution is -1.95. The SMILES string of the molecule is NC/C=C(\F)CSc1cccc2cccnc12. The first-order valence-electron chi connectivity index (χ1n) is 5.32. The molecule has 0 saturated heterocycles. The fraction of sp³-hybridized carbons (Fsp3) is 0.154. The fourth-order valence-corrected chi connectivity index (χ4v) is 2.42. The first-order chi connectivity index (χ1) is 8.31. The Balaban J connectivity index is 2.21. The maximum Gasteiger partial charge on any atom is 0.107 e. The summed E-state index contributed by atoms with van der Waals surface area (Å²) < 4.78 is 13.2. The molecular formula is C13H13FN2S. The first kappa shape index (κ1) is 12.1. The molecule has 0 aliphatic rings. The number of thioether (sulfide) groups is 1. The number of nitrogens with zero attached hydrogens (tertiary/aromatic N) is 1. The van der Waals surface area contributed by atoms with E-state index in [1.807, 2.05) is 30.3 Å². The number of aromatic nitrogens is 1. The zero-order chi connectivity index (χ0) is 12.1. The highest BCUT2D eigenvalue weighted by Crippen LogP contribution is 2.27. The molecule has 4 heteroatoms. The maximum atomic E-state index is 13.2. The van der Waals surface area contributed by atoms with Crippen LogP contribution in [-0.4, -0.2) is 17.3 Å². The highest BCUT2D eigenvalue weighted by molar-refractivity contribution is 7.99. The summed E-state index contributed by atoms with van der Waals surface area (Å²) in [6.07, 6.45) is 3.14. The van der Waals surface area contributed by atoms with Gasteiger partial charge in [-0.05, 0) is 18.2 Å². The summed E-state index contributed by atoms with van der Waals surface area (Å²) in [6, 6.07) is 9.80. The third kappa shape index (κ3) is 3.05. The Labute approximate surface area is 104 Å². The Morgan fingerprint density at radius 3 is 3.00 bits per heavy atom. The van der Waals surface area contributed by atoms with E-state index in [1.165, 1.54) is 17.8 Å². The van der Waals surface area contributed by atoms with Gasteiger partial charge in [-0.25, -0.2) is 4.39 Å². The van der Waals surface area contributed by atoms with Gasteiger partial charge in [0.1, 0.15) is 5.83 Å². The van der Waals surface area contributed by atoms with Crippen molar-refractivity contribution in [2.75, 3.05) is 12.3 Å². The summed E-state index contributed by atoms with van der Waals surface area (Å²) in [5, 5.41) is 1.07. The van der Waals surface area contributed by atoms with Crippen LogP contribution in [0.25, 0.3) is 10.9 Å². The quantitative estimate of drug-likeness (QED) is 0.845. The lowest BCUT2D eigenvalue weighted by molar-refractivity contribution is 0.640. The molecule has 0 bridgehead atoms. The maximum absolute atomic E-state index is 13.2. The van der Waals surface area contributed by atoms with Crippen LogP contribution in [0.15, 0.2) is 53.3 Å². The van der Waals surface area contributed by atoms with Crippen LogP contribution in [0.2, 0.25) is 0 Å². The van der Waals surface area contributed by atoms with Gasteiger partial charge in [0, 0.05) is 28.8 Å². The van der Waals surface area contributed by atoms with Crippen LogP contribution in [0.5, 0.6) is 0 Å². The van der Waals surface area contributed by atoms with Crippen LogP contribution in [0.3, 0.4) is 0 Å². The van der Waals surface area contributed by atoms with Gasteiger partial charge in [-0.15, -0.1) is 11.8 Å². The van der Waals surface area contributed by atoms with Crippen LogP contribution >= 0.6 is 11.8 Å². The van der Waals surface area contributed by atoms with Crippen molar-refractivity contribution >= 4 is 22.7 Å². The van der Waals surface area contributed by atoms with Crippen molar-refractivity contribution in [2.45, 2.75) is 4.90 Å². The molecule has 0 fully saturated rings. The second-order valence-corrected chi connectivity index (χ2v) is 4.52. The molecule has 17 heavy (non-hydrogen) atoms. The van der Waals surface area contributed by atoms with E-state index in [4.69, 9.17) is 5.73 Å². The molecule has 1 heterocycles. The lowest BCUT2D eigenvalue weighted by Gasteiger charge is -2.04. The molecule has 88 valence electrons. The van der Waals surface area contributed by atoms with Gasteiger partial charge in [-0.3, -0.25) is 4.98 Å². The summed E-state index contributed by atoms with van der Waals surface area (Å²) in [6.45, 7) is 0.236. The molecule has 2 aromatic rings. The number of pyridine rings is 1. The molecule has 0 atom stereocenters. The molecule has 0 amide bonds. The molecule has 2 rings (SSSR count). The van der Waals surface area contributed by atoms with Crippen molar-refractivity contribution in [1.29, 1.82) is 0 Å². The highest BCUT2D eigenvalue weighted by Gasteiger charge is 2.03. The van der Waals surface area contributed by atoms with E-state index in [9.17, 15) is 4.39 Å². The highest BCUT2D eigenvalue weighted by atomic mass is 32.2. The van der Waals surface area contributed by atoms with Crippen molar-refractivity contribution in [3.63, 3.8) is 0 Å². The van der Waals surface area contributed by atoms with Gasteiger partial charge in [0.2, 0.25) is 0 Å². The second kappa shape index (κ2) is 5.80. The van der Waals surface area contributed by atoms with Crippen molar-refractivity contribution in [2.24, 2.45) is 5.73 Å². The Kier molecular flexibility index (Phi) is 4.12. The van der Waals surface area contributed by atoms with Crippen LogP contribution in [-0.2, 0) is 0 Å². The van der Waals surface area contributed by atoms with Crippen LogP contribution in [0, 0.1) is 0 Å². The molecule has 2 nitrogen and oxygen atoms in total.